The summed E-state index contributed by atoms with van der Waals surface area (Å²) in [6.07, 6.45) is 1.50. The van der Waals surface area contributed by atoms with Crippen LogP contribution in [0.5, 0.6) is 5.88 Å². The lowest BCUT2D eigenvalue weighted by Gasteiger charge is -2.10. The van der Waals surface area contributed by atoms with Crippen molar-refractivity contribution in [2.24, 2.45) is 0 Å². The third-order valence-electron chi connectivity index (χ3n) is 2.78. The van der Waals surface area contributed by atoms with Gasteiger partial charge in [-0.2, -0.15) is 0 Å². The van der Waals surface area contributed by atoms with Crippen LogP contribution in [0.1, 0.15) is 5.56 Å². The molecular formula is C13H14FN3O3S. The van der Waals surface area contributed by atoms with Gasteiger partial charge >= 0.3 is 0 Å². The molecule has 0 fully saturated rings. The predicted molar refractivity (Wildman–Crippen MR) is 75.6 cm³/mol. The molecule has 0 unspecified atom stereocenters. The van der Waals surface area contributed by atoms with E-state index < -0.39 is 21.5 Å². The quantitative estimate of drug-likeness (QED) is 0.811. The van der Waals surface area contributed by atoms with E-state index in [1.807, 2.05) is 0 Å². The van der Waals surface area contributed by atoms with Crippen molar-refractivity contribution in [3.8, 4) is 5.88 Å². The first-order valence-corrected chi connectivity index (χ1v) is 7.45. The highest BCUT2D eigenvalue weighted by atomic mass is 32.2. The van der Waals surface area contributed by atoms with Crippen molar-refractivity contribution in [1.29, 1.82) is 0 Å². The van der Waals surface area contributed by atoms with E-state index in [2.05, 4.69) is 9.71 Å². The average Bonchev–Trinajstić information content (AvgIpc) is 2.48. The molecule has 0 atom stereocenters. The first-order valence-electron chi connectivity index (χ1n) is 5.96. The first kappa shape index (κ1) is 15.2. The molecule has 0 bridgehead atoms. The van der Waals surface area contributed by atoms with E-state index in [1.165, 1.54) is 25.4 Å². The lowest BCUT2D eigenvalue weighted by molar-refractivity contribution is 0.397. The molecule has 6 nitrogen and oxygen atoms in total. The number of sulfonamides is 1. The molecule has 0 spiro atoms. The van der Waals surface area contributed by atoms with E-state index in [0.29, 0.717) is 11.4 Å². The second-order valence-corrected chi connectivity index (χ2v) is 5.92. The molecule has 2 rings (SSSR count). The van der Waals surface area contributed by atoms with Gasteiger partial charge in [0.2, 0.25) is 15.9 Å². The molecule has 8 heteroatoms. The highest BCUT2D eigenvalue weighted by molar-refractivity contribution is 7.89. The van der Waals surface area contributed by atoms with Crippen molar-refractivity contribution in [3.63, 3.8) is 0 Å². The van der Waals surface area contributed by atoms with E-state index in [1.54, 1.807) is 12.1 Å². The highest BCUT2D eigenvalue weighted by Crippen LogP contribution is 2.21. The molecule has 1 heterocycles. The Kier molecular flexibility index (Phi) is 4.39. The highest BCUT2D eigenvalue weighted by Gasteiger charge is 2.19. The van der Waals surface area contributed by atoms with Crippen LogP contribution in [0.15, 0.2) is 41.4 Å². The van der Waals surface area contributed by atoms with Gasteiger partial charge in [-0.25, -0.2) is 22.5 Å². The number of nitrogens with two attached hydrogens (primary N) is 1. The van der Waals surface area contributed by atoms with E-state index in [0.717, 1.165) is 6.07 Å². The lowest BCUT2D eigenvalue weighted by atomic mass is 10.3. The van der Waals surface area contributed by atoms with Crippen molar-refractivity contribution >= 4 is 15.7 Å². The van der Waals surface area contributed by atoms with E-state index in [9.17, 15) is 12.8 Å². The van der Waals surface area contributed by atoms with Gasteiger partial charge in [0.25, 0.3) is 0 Å². The molecule has 0 saturated carbocycles. The number of pyridine rings is 1. The van der Waals surface area contributed by atoms with Gasteiger partial charge < -0.3 is 10.5 Å². The van der Waals surface area contributed by atoms with Crippen molar-refractivity contribution in [1.82, 2.24) is 9.71 Å². The third kappa shape index (κ3) is 3.47. The Balaban J connectivity index is 2.20. The summed E-state index contributed by atoms with van der Waals surface area (Å²) in [5.41, 5.74) is 5.71. The zero-order valence-corrected chi connectivity index (χ0v) is 12.0. The van der Waals surface area contributed by atoms with Crippen LogP contribution < -0.4 is 15.2 Å². The summed E-state index contributed by atoms with van der Waals surface area (Å²) in [6, 6.07) is 6.86. The van der Waals surface area contributed by atoms with Crippen LogP contribution in [-0.4, -0.2) is 20.5 Å². The normalized spacial score (nSPS) is 11.3. The smallest absolute Gasteiger partial charge is 0.243 e. The number of rotatable bonds is 5. The maximum Gasteiger partial charge on any atom is 0.243 e. The summed E-state index contributed by atoms with van der Waals surface area (Å²) in [5, 5.41) is 0. The topological polar surface area (TPSA) is 94.3 Å². The Morgan fingerprint density at radius 3 is 2.86 bits per heavy atom. The van der Waals surface area contributed by atoms with Crippen LogP contribution in [0.4, 0.5) is 10.1 Å². The maximum absolute atomic E-state index is 13.3. The van der Waals surface area contributed by atoms with Crippen LogP contribution in [0.25, 0.3) is 0 Å². The van der Waals surface area contributed by atoms with Gasteiger partial charge in [-0.05, 0) is 23.8 Å². The van der Waals surface area contributed by atoms with E-state index in [4.69, 9.17) is 10.5 Å². The van der Waals surface area contributed by atoms with Gasteiger partial charge in [-0.1, -0.05) is 6.07 Å². The number of nitrogen functional groups attached to an aromatic ring is 1. The van der Waals surface area contributed by atoms with Crippen LogP contribution in [0.3, 0.4) is 0 Å². The zero-order valence-electron chi connectivity index (χ0n) is 11.2. The Bertz CT molecular complexity index is 750. The van der Waals surface area contributed by atoms with Gasteiger partial charge in [0.1, 0.15) is 10.7 Å². The fourth-order valence-electron chi connectivity index (χ4n) is 1.68. The van der Waals surface area contributed by atoms with E-state index >= 15 is 0 Å². The largest absolute Gasteiger partial charge is 0.481 e. The maximum atomic E-state index is 13.3. The summed E-state index contributed by atoms with van der Waals surface area (Å²) in [7, 11) is -2.45. The van der Waals surface area contributed by atoms with Gasteiger partial charge in [-0.3, -0.25) is 0 Å². The molecule has 0 amide bonds. The van der Waals surface area contributed by atoms with Crippen molar-refractivity contribution in [2.75, 3.05) is 12.8 Å². The fraction of sp³-hybridized carbons (Fsp3) is 0.154. The number of anilines is 1. The second kappa shape index (κ2) is 6.06. The number of halogens is 1. The summed E-state index contributed by atoms with van der Waals surface area (Å²) < 4.78 is 44.9. The number of hydrogen-bond donors (Lipinski definition) is 2. The molecule has 1 aromatic carbocycles. The molecule has 0 aliphatic heterocycles. The van der Waals surface area contributed by atoms with Crippen LogP contribution in [0.2, 0.25) is 0 Å². The molecule has 0 saturated heterocycles. The minimum Gasteiger partial charge on any atom is -0.481 e. The number of para-hydroxylation sites is 1. The third-order valence-corrected chi connectivity index (χ3v) is 4.24. The van der Waals surface area contributed by atoms with Crippen LogP contribution in [-0.2, 0) is 16.6 Å². The number of nitrogens with one attached hydrogen (secondary N) is 1. The number of nitrogens with zero attached hydrogens (tertiary/aromatic N) is 1. The molecular weight excluding hydrogens is 297 g/mol. The van der Waals surface area contributed by atoms with Crippen molar-refractivity contribution in [3.05, 3.63) is 47.9 Å². The standard InChI is InChI=1S/C13H14FN3O3S/c1-20-12-7-9(5-6-16-12)8-17-21(18,19)11-4-2-3-10(14)13(11)15/h2-7,17H,8,15H2,1H3. The van der Waals surface area contributed by atoms with Gasteiger partial charge in [-0.15, -0.1) is 0 Å². The Morgan fingerprint density at radius 2 is 2.14 bits per heavy atom. The molecule has 3 N–H and O–H groups in total. The SMILES string of the molecule is COc1cc(CNS(=O)(=O)c2cccc(F)c2N)ccn1. The summed E-state index contributed by atoms with van der Waals surface area (Å²) in [4.78, 5) is 3.63. The van der Waals surface area contributed by atoms with Crippen LogP contribution in [0, 0.1) is 5.82 Å². The molecule has 21 heavy (non-hydrogen) atoms. The number of aromatic nitrogens is 1. The minimum absolute atomic E-state index is 0.0111. The van der Waals surface area contributed by atoms with Crippen LogP contribution >= 0.6 is 0 Å². The number of hydrogen-bond acceptors (Lipinski definition) is 5. The van der Waals surface area contributed by atoms with Gasteiger partial charge in [0.15, 0.2) is 0 Å². The second-order valence-electron chi connectivity index (χ2n) is 4.18. The zero-order chi connectivity index (χ0) is 15.5. The molecule has 112 valence electrons. The summed E-state index contributed by atoms with van der Waals surface area (Å²) in [5.74, 6) is -0.402. The molecule has 1 aromatic heterocycles. The fourth-order valence-corrected chi connectivity index (χ4v) is 2.84. The lowest BCUT2D eigenvalue weighted by Crippen LogP contribution is -2.24. The summed E-state index contributed by atoms with van der Waals surface area (Å²) >= 11 is 0. The van der Waals surface area contributed by atoms with Crippen molar-refractivity contribution < 1.29 is 17.5 Å². The van der Waals surface area contributed by atoms with Crippen molar-refractivity contribution in [2.45, 2.75) is 11.4 Å². The Hall–Kier alpha value is -2.19. The van der Waals surface area contributed by atoms with Gasteiger partial charge in [0.05, 0.1) is 12.8 Å². The predicted octanol–water partition coefficient (Wildman–Crippen LogP) is 1.29. The molecule has 0 radical (unpaired) electrons. The summed E-state index contributed by atoms with van der Waals surface area (Å²) in [6.45, 7) is 0.0111. The monoisotopic (exact) mass is 311 g/mol. The van der Waals surface area contributed by atoms with E-state index in [-0.39, 0.29) is 11.4 Å². The van der Waals surface area contributed by atoms with Gasteiger partial charge in [0, 0.05) is 18.8 Å². The first-order chi connectivity index (χ1) is 9.94. The number of benzene rings is 1. The molecule has 2 aromatic rings. The number of methoxy groups -OCH3 is 1. The molecule has 0 aliphatic carbocycles. The Labute approximate surface area is 121 Å². The minimum atomic E-state index is -3.91. The average molecular weight is 311 g/mol. The Morgan fingerprint density at radius 1 is 1.38 bits per heavy atom. The molecule has 0 aliphatic rings. The number of ether oxygens (including phenoxy) is 1.